The van der Waals surface area contributed by atoms with Gasteiger partial charge in [0.25, 0.3) is 0 Å². The second-order valence-electron chi connectivity index (χ2n) is 17.9. The van der Waals surface area contributed by atoms with Gasteiger partial charge in [0, 0.05) is 23.0 Å². The Bertz CT molecular complexity index is 3570. The van der Waals surface area contributed by atoms with E-state index in [0.29, 0.717) is 0 Å². The molecule has 11 aromatic rings. The monoisotopic (exact) mass is 899 g/mol. The third-order valence-electron chi connectivity index (χ3n) is 14.5. The first kappa shape index (κ1) is 40.0. The maximum absolute atomic E-state index is 7.27. The fraction of sp³-hybridized carbons (Fsp3) is 0. The van der Waals surface area contributed by atoms with Crippen molar-refractivity contribution in [3.8, 4) is 33.8 Å². The van der Waals surface area contributed by atoms with Crippen molar-refractivity contribution in [1.29, 1.82) is 0 Å². The Morgan fingerprint density at radius 1 is 0.294 bits per heavy atom. The van der Waals surface area contributed by atoms with Crippen molar-refractivity contribution < 1.29 is 4.74 Å². The van der Waals surface area contributed by atoms with Crippen molar-refractivity contribution in [3.63, 3.8) is 0 Å². The van der Waals surface area contributed by atoms with Gasteiger partial charge < -0.3 is 9.64 Å². The van der Waals surface area contributed by atoms with Gasteiger partial charge in [-0.1, -0.05) is 237 Å². The van der Waals surface area contributed by atoms with Crippen LogP contribution in [0.4, 0.5) is 17.1 Å². The van der Waals surface area contributed by atoms with Gasteiger partial charge in [-0.3, -0.25) is 0 Å². The molecule has 0 aromatic heterocycles. The number of anilines is 3. The molecule has 13 rings (SSSR count). The quantitative estimate of drug-likeness (QED) is 0.148. The van der Waals surface area contributed by atoms with Crippen molar-refractivity contribution in [2.45, 2.75) is 0 Å². The van der Waals surface area contributed by atoms with Crippen LogP contribution in [-0.4, -0.2) is 16.1 Å². The molecular weight excluding hydrogens is 855 g/mol. The highest BCUT2D eigenvalue weighted by Crippen LogP contribution is 2.43. The number of hydrogen-bond donors (Lipinski definition) is 0. The highest BCUT2D eigenvalue weighted by Gasteiger charge is 2.59. The Labute approximate surface area is 399 Å². The molecule has 0 bridgehead atoms. The zero-order valence-corrected chi connectivity index (χ0v) is 39.3. The molecule has 0 fully saturated rings. The van der Waals surface area contributed by atoms with E-state index in [0.717, 1.165) is 39.7 Å². The molecule has 0 saturated heterocycles. The first-order valence-corrected chi connectivity index (χ1v) is 27.5. The Kier molecular flexibility index (Phi) is 9.56. The molecular formula is C64H45NOSi2. The van der Waals surface area contributed by atoms with E-state index in [2.05, 4.69) is 278 Å². The summed E-state index contributed by atoms with van der Waals surface area (Å²) in [6, 6.07) is 101. The lowest BCUT2D eigenvalue weighted by molar-refractivity contribution is 0.487. The van der Waals surface area contributed by atoms with Crippen LogP contribution in [0.15, 0.2) is 273 Å². The number of ether oxygens (including phenoxy) is 1. The van der Waals surface area contributed by atoms with E-state index < -0.39 is 16.1 Å². The lowest BCUT2D eigenvalue weighted by atomic mass is 9.97. The van der Waals surface area contributed by atoms with Gasteiger partial charge in [-0.25, -0.2) is 0 Å². The zero-order chi connectivity index (χ0) is 45.1. The van der Waals surface area contributed by atoms with E-state index >= 15 is 0 Å². The van der Waals surface area contributed by atoms with Crippen LogP contribution >= 0.6 is 0 Å². The second kappa shape index (κ2) is 16.2. The smallest absolute Gasteiger partial charge is 0.188 e. The molecule has 0 unspecified atom stereocenters. The van der Waals surface area contributed by atoms with E-state index in [-0.39, 0.29) is 0 Å². The fourth-order valence-electron chi connectivity index (χ4n) is 11.7. The van der Waals surface area contributed by atoms with Gasteiger partial charge in [0.2, 0.25) is 0 Å². The summed E-state index contributed by atoms with van der Waals surface area (Å²) >= 11 is 0. The molecule has 0 atom stereocenters. The average Bonchev–Trinajstić information content (AvgIpc) is 3.42. The van der Waals surface area contributed by atoms with E-state index in [1.54, 1.807) is 0 Å². The Morgan fingerprint density at radius 2 is 0.765 bits per heavy atom. The molecule has 0 N–H and O–H groups in total. The van der Waals surface area contributed by atoms with Gasteiger partial charge in [0.05, 0.1) is 5.69 Å². The first-order chi connectivity index (χ1) is 33.7. The predicted molar refractivity (Wildman–Crippen MR) is 290 cm³/mol. The number of nitrogens with zero attached hydrogens (tertiary/aromatic N) is 1. The van der Waals surface area contributed by atoms with Crippen LogP contribution in [0.5, 0.6) is 11.5 Å². The van der Waals surface area contributed by atoms with Crippen LogP contribution in [0.1, 0.15) is 0 Å². The number of benzene rings is 11. The molecule has 0 radical (unpaired) electrons. The lowest BCUT2D eigenvalue weighted by Gasteiger charge is -2.50. The predicted octanol–water partition coefficient (Wildman–Crippen LogP) is 10.8. The van der Waals surface area contributed by atoms with Crippen molar-refractivity contribution in [2.75, 3.05) is 4.90 Å². The van der Waals surface area contributed by atoms with Crippen LogP contribution in [-0.2, 0) is 0 Å². The summed E-state index contributed by atoms with van der Waals surface area (Å²) in [5, 5.41) is 13.6. The largest absolute Gasteiger partial charge is 0.457 e. The molecule has 0 amide bonds. The molecule has 68 heavy (non-hydrogen) atoms. The van der Waals surface area contributed by atoms with Gasteiger partial charge >= 0.3 is 0 Å². The van der Waals surface area contributed by atoms with Crippen molar-refractivity contribution >= 4 is 85.5 Å². The second-order valence-corrected chi connectivity index (χ2v) is 25.3. The van der Waals surface area contributed by atoms with Gasteiger partial charge in [-0.2, -0.15) is 0 Å². The van der Waals surface area contributed by atoms with Gasteiger partial charge in [0.15, 0.2) is 16.1 Å². The number of fused-ring (bicyclic) bond motifs is 9. The normalized spacial score (nSPS) is 13.6. The topological polar surface area (TPSA) is 12.5 Å². The van der Waals surface area contributed by atoms with Gasteiger partial charge in [-0.05, 0) is 99.3 Å². The van der Waals surface area contributed by atoms with E-state index in [4.69, 9.17) is 4.74 Å². The highest BCUT2D eigenvalue weighted by atomic mass is 28.3. The van der Waals surface area contributed by atoms with Crippen molar-refractivity contribution in [2.24, 2.45) is 0 Å². The summed E-state index contributed by atoms with van der Waals surface area (Å²) in [6.07, 6.45) is 0. The summed E-state index contributed by atoms with van der Waals surface area (Å²) < 4.78 is 7.27. The Balaban J connectivity index is 1.06. The van der Waals surface area contributed by atoms with Gasteiger partial charge in [-0.15, -0.1) is 0 Å². The number of rotatable bonds is 7. The summed E-state index contributed by atoms with van der Waals surface area (Å²) in [6.45, 7) is 0. The van der Waals surface area contributed by atoms with Crippen molar-refractivity contribution in [1.82, 2.24) is 0 Å². The Hall–Kier alpha value is -8.29. The zero-order valence-electron chi connectivity index (χ0n) is 37.3. The van der Waals surface area contributed by atoms with Crippen LogP contribution in [0, 0.1) is 0 Å². The lowest BCUT2D eigenvalue weighted by Crippen LogP contribution is -2.93. The molecule has 2 aliphatic rings. The number of para-hydroxylation sites is 2. The van der Waals surface area contributed by atoms with E-state index in [1.165, 1.54) is 63.4 Å². The number of hydrogen-bond acceptors (Lipinski definition) is 2. The Morgan fingerprint density at radius 3 is 1.44 bits per heavy atom. The molecule has 4 heteroatoms. The van der Waals surface area contributed by atoms with Crippen molar-refractivity contribution in [3.05, 3.63) is 273 Å². The molecule has 2 nitrogen and oxygen atoms in total. The standard InChI is InChI=1S/C64H45NOSi2/c1-4-21-47(22-5-1)55-30-12-13-32-56(55)65(49-41-39-48(40-42-49)54-31-20-24-46-23-10-11-29-53(46)54)50-43-44-60-58(45-50)66-57-33-14-15-34-59(57)68(60)63-37-18-16-35-61(63)67(51-25-6-2-7-26-51,52-27-8-3-9-28-52)62-36-17-19-38-64(62)68/h1-45H. The molecule has 320 valence electrons. The summed E-state index contributed by atoms with van der Waals surface area (Å²) in [7, 11) is -5.91. The minimum Gasteiger partial charge on any atom is -0.457 e. The molecule has 1 spiro atoms. The fourth-order valence-corrected chi connectivity index (χ4v) is 24.0. The van der Waals surface area contributed by atoms with Crippen LogP contribution in [0.3, 0.4) is 0 Å². The highest BCUT2D eigenvalue weighted by molar-refractivity contribution is 7.33. The molecule has 11 aromatic carbocycles. The SMILES string of the molecule is c1ccc(-c2ccccc2N(c2ccc(-c3cccc4ccccc34)cc2)c2ccc3c(c2)Oc2ccccc2[Si]32c3ccccc3[Si](c3ccccc3)(c3ccccc3)c3ccccc32)cc1. The summed E-state index contributed by atoms with van der Waals surface area (Å²) in [4.78, 5) is 2.42. The third-order valence-corrected chi connectivity index (χ3v) is 24.8. The van der Waals surface area contributed by atoms with E-state index in [1.807, 2.05) is 0 Å². The minimum absolute atomic E-state index is 0.903. The summed E-state index contributed by atoms with van der Waals surface area (Å²) in [5.41, 5.74) is 7.91. The molecule has 0 aliphatic carbocycles. The van der Waals surface area contributed by atoms with E-state index in [9.17, 15) is 0 Å². The summed E-state index contributed by atoms with van der Waals surface area (Å²) in [5.74, 6) is 1.83. The maximum Gasteiger partial charge on any atom is 0.188 e. The maximum atomic E-state index is 7.27. The minimum atomic E-state index is -3.06. The molecule has 0 saturated carbocycles. The molecule has 2 heterocycles. The van der Waals surface area contributed by atoms with Gasteiger partial charge in [0.1, 0.15) is 11.5 Å². The van der Waals surface area contributed by atoms with Crippen LogP contribution < -0.4 is 51.1 Å². The first-order valence-electron chi connectivity index (χ1n) is 23.5. The molecule has 2 aliphatic heterocycles. The van der Waals surface area contributed by atoms with Crippen LogP contribution in [0.2, 0.25) is 0 Å². The average molecular weight is 900 g/mol. The third kappa shape index (κ3) is 6.01. The van der Waals surface area contributed by atoms with Crippen LogP contribution in [0.25, 0.3) is 33.0 Å².